The van der Waals surface area contributed by atoms with Gasteiger partial charge in [-0.25, -0.2) is 0 Å². The maximum absolute atomic E-state index is 11.7. The molecular formula is C14H19N3O2. The molecule has 1 rings (SSSR count). The van der Waals surface area contributed by atoms with Crippen LogP contribution in [0.3, 0.4) is 0 Å². The van der Waals surface area contributed by atoms with Crippen molar-refractivity contribution in [1.29, 1.82) is 5.26 Å². The van der Waals surface area contributed by atoms with Crippen LogP contribution in [0.25, 0.3) is 0 Å². The van der Waals surface area contributed by atoms with E-state index in [0.29, 0.717) is 17.9 Å². The van der Waals surface area contributed by atoms with E-state index in [-0.39, 0.29) is 11.9 Å². The fraction of sp³-hybridized carbons (Fsp3) is 0.429. The Morgan fingerprint density at radius 1 is 1.53 bits per heavy atom. The number of nitrogens with one attached hydrogen (secondary N) is 1. The van der Waals surface area contributed by atoms with Crippen LogP contribution in [-0.4, -0.2) is 38.1 Å². The van der Waals surface area contributed by atoms with E-state index in [2.05, 4.69) is 11.4 Å². The average molecular weight is 261 g/mol. The van der Waals surface area contributed by atoms with Crippen LogP contribution in [0.2, 0.25) is 0 Å². The summed E-state index contributed by atoms with van der Waals surface area (Å²) in [5.41, 5.74) is 1.43. The minimum absolute atomic E-state index is 0.00963. The van der Waals surface area contributed by atoms with Crippen LogP contribution in [0, 0.1) is 11.3 Å². The van der Waals surface area contributed by atoms with E-state index >= 15 is 0 Å². The first-order valence-electron chi connectivity index (χ1n) is 6.01. The Kier molecular flexibility index (Phi) is 5.34. The molecule has 1 aromatic rings. The molecule has 102 valence electrons. The summed E-state index contributed by atoms with van der Waals surface area (Å²) in [7, 11) is 5.02. The fourth-order valence-corrected chi connectivity index (χ4v) is 1.72. The molecule has 0 spiro atoms. The van der Waals surface area contributed by atoms with E-state index in [4.69, 9.17) is 10.00 Å². The van der Waals surface area contributed by atoms with Crippen molar-refractivity contribution in [2.45, 2.75) is 19.5 Å². The van der Waals surface area contributed by atoms with Crippen molar-refractivity contribution >= 4 is 5.91 Å². The topological polar surface area (TPSA) is 65.4 Å². The number of carbonyl (C=O) groups is 1. The lowest BCUT2D eigenvalue weighted by Crippen LogP contribution is -2.41. The van der Waals surface area contributed by atoms with Crippen molar-refractivity contribution in [3.8, 4) is 11.8 Å². The van der Waals surface area contributed by atoms with Crippen LogP contribution in [-0.2, 0) is 11.3 Å². The van der Waals surface area contributed by atoms with Gasteiger partial charge in [-0.05, 0) is 25.1 Å². The summed E-state index contributed by atoms with van der Waals surface area (Å²) in [6.45, 7) is 2.28. The first-order valence-corrected chi connectivity index (χ1v) is 6.01. The number of nitrogens with zero attached hydrogens (tertiary/aromatic N) is 2. The number of rotatable bonds is 5. The highest BCUT2D eigenvalue weighted by Crippen LogP contribution is 2.19. The Bertz CT molecular complexity index is 492. The van der Waals surface area contributed by atoms with Crippen LogP contribution in [0.4, 0.5) is 0 Å². The van der Waals surface area contributed by atoms with Crippen LogP contribution < -0.4 is 10.1 Å². The van der Waals surface area contributed by atoms with Crippen molar-refractivity contribution in [2.75, 3.05) is 21.2 Å². The van der Waals surface area contributed by atoms with E-state index in [1.807, 2.05) is 6.92 Å². The number of ether oxygens (including phenoxy) is 1. The summed E-state index contributed by atoms with van der Waals surface area (Å²) in [4.78, 5) is 13.3. The molecule has 1 amide bonds. The van der Waals surface area contributed by atoms with Crippen molar-refractivity contribution in [2.24, 2.45) is 0 Å². The van der Waals surface area contributed by atoms with E-state index in [1.54, 1.807) is 44.3 Å². The lowest BCUT2D eigenvalue weighted by molar-refractivity contribution is -0.130. The van der Waals surface area contributed by atoms with Crippen molar-refractivity contribution in [1.82, 2.24) is 10.2 Å². The molecule has 0 aliphatic heterocycles. The highest BCUT2D eigenvalue weighted by molar-refractivity contribution is 5.80. The van der Waals surface area contributed by atoms with Crippen molar-refractivity contribution in [3.63, 3.8) is 0 Å². The van der Waals surface area contributed by atoms with E-state index in [1.165, 1.54) is 0 Å². The van der Waals surface area contributed by atoms with E-state index in [0.717, 1.165) is 5.56 Å². The SMILES string of the molecule is COc1ccc(C#N)cc1CNC(C)C(=O)N(C)C. The van der Waals surface area contributed by atoms with Crippen molar-refractivity contribution < 1.29 is 9.53 Å². The summed E-state index contributed by atoms with van der Waals surface area (Å²) in [5, 5.41) is 12.0. The van der Waals surface area contributed by atoms with Gasteiger partial charge < -0.3 is 15.0 Å². The van der Waals surface area contributed by atoms with Gasteiger partial charge in [0.15, 0.2) is 0 Å². The minimum atomic E-state index is -0.287. The van der Waals surface area contributed by atoms with Gasteiger partial charge in [0.2, 0.25) is 5.91 Å². The molecule has 5 nitrogen and oxygen atoms in total. The van der Waals surface area contributed by atoms with Crippen LogP contribution in [0.5, 0.6) is 5.75 Å². The van der Waals surface area contributed by atoms with Gasteiger partial charge in [0.1, 0.15) is 5.75 Å². The van der Waals surface area contributed by atoms with Gasteiger partial charge in [-0.15, -0.1) is 0 Å². The second kappa shape index (κ2) is 6.76. The average Bonchev–Trinajstić information content (AvgIpc) is 2.43. The second-order valence-corrected chi connectivity index (χ2v) is 4.47. The zero-order valence-corrected chi connectivity index (χ0v) is 11.7. The van der Waals surface area contributed by atoms with Gasteiger partial charge in [-0.2, -0.15) is 5.26 Å². The van der Waals surface area contributed by atoms with Crippen LogP contribution in [0.1, 0.15) is 18.1 Å². The highest BCUT2D eigenvalue weighted by Gasteiger charge is 2.14. The fourth-order valence-electron chi connectivity index (χ4n) is 1.72. The molecule has 0 heterocycles. The predicted octanol–water partition coefficient (Wildman–Crippen LogP) is 1.13. The molecule has 1 atom stereocenters. The first kappa shape index (κ1) is 15.0. The van der Waals surface area contributed by atoms with Gasteiger partial charge in [0, 0.05) is 26.2 Å². The Morgan fingerprint density at radius 3 is 2.74 bits per heavy atom. The molecule has 0 fully saturated rings. The van der Waals surface area contributed by atoms with Gasteiger partial charge in [0.05, 0.1) is 24.8 Å². The number of methoxy groups -OCH3 is 1. The standard InChI is InChI=1S/C14H19N3O2/c1-10(14(18)17(2)3)16-9-12-7-11(8-15)5-6-13(12)19-4/h5-7,10,16H,9H2,1-4H3. The normalized spacial score (nSPS) is 11.5. The third kappa shape index (κ3) is 3.97. The zero-order valence-electron chi connectivity index (χ0n) is 11.7. The molecule has 0 bridgehead atoms. The third-order valence-electron chi connectivity index (χ3n) is 2.82. The molecule has 0 aliphatic carbocycles. The Hall–Kier alpha value is -2.06. The Balaban J connectivity index is 2.77. The molecule has 0 aromatic heterocycles. The number of likely N-dealkylation sites (N-methyl/N-ethyl adjacent to an activating group) is 1. The molecule has 1 N–H and O–H groups in total. The number of hydrogen-bond acceptors (Lipinski definition) is 4. The minimum Gasteiger partial charge on any atom is -0.496 e. The molecular weight excluding hydrogens is 242 g/mol. The van der Waals surface area contributed by atoms with Crippen molar-refractivity contribution in [3.05, 3.63) is 29.3 Å². The van der Waals surface area contributed by atoms with Gasteiger partial charge >= 0.3 is 0 Å². The number of nitriles is 1. The second-order valence-electron chi connectivity index (χ2n) is 4.47. The Morgan fingerprint density at radius 2 is 2.21 bits per heavy atom. The van der Waals surface area contributed by atoms with E-state index in [9.17, 15) is 4.79 Å². The molecule has 0 saturated carbocycles. The molecule has 0 aliphatic rings. The quantitative estimate of drug-likeness (QED) is 0.863. The molecule has 0 saturated heterocycles. The first-order chi connectivity index (χ1) is 8.99. The number of amides is 1. The van der Waals surface area contributed by atoms with Crippen LogP contribution in [0.15, 0.2) is 18.2 Å². The summed E-state index contributed by atoms with van der Waals surface area (Å²) < 4.78 is 5.24. The maximum Gasteiger partial charge on any atom is 0.238 e. The predicted molar refractivity (Wildman–Crippen MR) is 72.7 cm³/mol. The Labute approximate surface area is 113 Å². The smallest absolute Gasteiger partial charge is 0.238 e. The number of hydrogen-bond donors (Lipinski definition) is 1. The van der Waals surface area contributed by atoms with Gasteiger partial charge in [-0.3, -0.25) is 4.79 Å². The summed E-state index contributed by atoms with van der Waals surface area (Å²) in [6, 6.07) is 7.03. The molecule has 0 radical (unpaired) electrons. The van der Waals surface area contributed by atoms with Crippen LogP contribution >= 0.6 is 0 Å². The molecule has 5 heteroatoms. The molecule has 19 heavy (non-hydrogen) atoms. The molecule has 1 aromatic carbocycles. The molecule has 1 unspecified atom stereocenters. The lowest BCUT2D eigenvalue weighted by atomic mass is 10.1. The third-order valence-corrected chi connectivity index (χ3v) is 2.82. The lowest BCUT2D eigenvalue weighted by Gasteiger charge is -2.18. The largest absolute Gasteiger partial charge is 0.496 e. The van der Waals surface area contributed by atoms with Gasteiger partial charge in [-0.1, -0.05) is 0 Å². The summed E-state index contributed by atoms with van der Waals surface area (Å²) in [5.74, 6) is 0.714. The van der Waals surface area contributed by atoms with Gasteiger partial charge in [0.25, 0.3) is 0 Å². The maximum atomic E-state index is 11.7. The van der Waals surface area contributed by atoms with E-state index < -0.39 is 0 Å². The number of benzene rings is 1. The summed E-state index contributed by atoms with van der Waals surface area (Å²) in [6.07, 6.45) is 0. The monoisotopic (exact) mass is 261 g/mol. The zero-order chi connectivity index (χ0) is 14.4. The highest BCUT2D eigenvalue weighted by atomic mass is 16.5. The number of carbonyl (C=O) groups excluding carboxylic acids is 1. The summed E-state index contributed by atoms with van der Waals surface area (Å²) >= 11 is 0.